The lowest BCUT2D eigenvalue weighted by Gasteiger charge is -2.05. The third-order valence-corrected chi connectivity index (χ3v) is 4.50. The van der Waals surface area contributed by atoms with Gasteiger partial charge in [-0.15, -0.1) is 0 Å². The summed E-state index contributed by atoms with van der Waals surface area (Å²) in [6, 6.07) is 0. The van der Waals surface area contributed by atoms with Crippen molar-refractivity contribution < 1.29 is 9.53 Å². The maximum absolute atomic E-state index is 11.5. The monoisotopic (exact) mass is 326 g/mol. The molecule has 0 fully saturated rings. The van der Waals surface area contributed by atoms with Gasteiger partial charge in [-0.1, -0.05) is 104 Å². The Hall–Kier alpha value is -0.530. The first-order valence-corrected chi connectivity index (χ1v) is 10.5. The lowest BCUT2D eigenvalue weighted by atomic mass is 10.1. The van der Waals surface area contributed by atoms with Crippen LogP contribution in [0.2, 0.25) is 0 Å². The lowest BCUT2D eigenvalue weighted by Crippen LogP contribution is -2.05. The van der Waals surface area contributed by atoms with Crippen molar-refractivity contribution in [1.29, 1.82) is 0 Å². The van der Waals surface area contributed by atoms with Crippen molar-refractivity contribution in [3.63, 3.8) is 0 Å². The van der Waals surface area contributed by atoms with Crippen molar-refractivity contribution in [2.24, 2.45) is 0 Å². The standard InChI is InChI=1S/C21H42O2/c1-3-5-7-9-10-11-12-13-14-16-18-20-23-21(22)19-17-15-8-6-4-2/h3-20H2,1-2H3. The van der Waals surface area contributed by atoms with Gasteiger partial charge in [0.05, 0.1) is 6.61 Å². The molecule has 2 nitrogen and oxygen atoms in total. The Kier molecular flexibility index (Phi) is 19.1. The summed E-state index contributed by atoms with van der Waals surface area (Å²) in [7, 11) is 0. The van der Waals surface area contributed by atoms with E-state index in [4.69, 9.17) is 4.74 Å². The minimum Gasteiger partial charge on any atom is -0.466 e. The third-order valence-electron chi connectivity index (χ3n) is 4.50. The minimum absolute atomic E-state index is 0.00794. The highest BCUT2D eigenvalue weighted by Crippen LogP contribution is 2.11. The fraction of sp³-hybridized carbons (Fsp3) is 0.952. The summed E-state index contributed by atoms with van der Waals surface area (Å²) in [5, 5.41) is 0. The van der Waals surface area contributed by atoms with Gasteiger partial charge in [-0.3, -0.25) is 4.79 Å². The zero-order chi connectivity index (χ0) is 17.0. The molecule has 0 N–H and O–H groups in total. The molecule has 0 saturated carbocycles. The summed E-state index contributed by atoms with van der Waals surface area (Å²) in [5.41, 5.74) is 0. The van der Waals surface area contributed by atoms with E-state index >= 15 is 0 Å². The molecule has 2 heteroatoms. The van der Waals surface area contributed by atoms with Crippen molar-refractivity contribution in [1.82, 2.24) is 0 Å². The second-order valence-electron chi connectivity index (χ2n) is 6.92. The predicted octanol–water partition coefficient (Wildman–Crippen LogP) is 7.20. The average Bonchev–Trinajstić information content (AvgIpc) is 2.55. The number of rotatable bonds is 18. The second kappa shape index (κ2) is 19.5. The molecular formula is C21H42O2. The number of unbranched alkanes of at least 4 members (excludes halogenated alkanes) is 14. The summed E-state index contributed by atoms with van der Waals surface area (Å²) in [6.07, 6.45) is 21.2. The van der Waals surface area contributed by atoms with Crippen molar-refractivity contribution in [3.05, 3.63) is 0 Å². The van der Waals surface area contributed by atoms with E-state index < -0.39 is 0 Å². The largest absolute Gasteiger partial charge is 0.466 e. The molecule has 0 atom stereocenters. The van der Waals surface area contributed by atoms with Crippen LogP contribution in [0.1, 0.15) is 123 Å². The van der Waals surface area contributed by atoms with Crippen LogP contribution < -0.4 is 0 Å². The predicted molar refractivity (Wildman–Crippen MR) is 101 cm³/mol. The highest BCUT2D eigenvalue weighted by atomic mass is 16.5. The molecule has 0 aliphatic heterocycles. The Morgan fingerprint density at radius 1 is 0.565 bits per heavy atom. The maximum Gasteiger partial charge on any atom is 0.305 e. The van der Waals surface area contributed by atoms with E-state index in [1.54, 1.807) is 0 Å². The topological polar surface area (TPSA) is 26.3 Å². The molecule has 0 heterocycles. The number of hydrogen-bond acceptors (Lipinski definition) is 2. The van der Waals surface area contributed by atoms with E-state index in [1.165, 1.54) is 89.9 Å². The van der Waals surface area contributed by atoms with Gasteiger partial charge in [-0.25, -0.2) is 0 Å². The molecule has 0 bridgehead atoms. The molecule has 0 aromatic heterocycles. The number of esters is 1. The molecule has 0 unspecified atom stereocenters. The third kappa shape index (κ3) is 19.4. The van der Waals surface area contributed by atoms with Crippen LogP contribution in [0.15, 0.2) is 0 Å². The lowest BCUT2D eigenvalue weighted by molar-refractivity contribution is -0.143. The fourth-order valence-corrected chi connectivity index (χ4v) is 2.90. The number of hydrogen-bond donors (Lipinski definition) is 0. The van der Waals surface area contributed by atoms with E-state index in [2.05, 4.69) is 13.8 Å². The van der Waals surface area contributed by atoms with Gasteiger partial charge in [0, 0.05) is 6.42 Å². The van der Waals surface area contributed by atoms with E-state index in [-0.39, 0.29) is 5.97 Å². The number of carbonyl (C=O) groups excluding carboxylic acids is 1. The Bertz CT molecular complexity index is 238. The van der Waals surface area contributed by atoms with Gasteiger partial charge in [0.1, 0.15) is 0 Å². The SMILES string of the molecule is CCCCCCCCCCCCCOC(=O)CCCCCCC. The van der Waals surface area contributed by atoms with Gasteiger partial charge in [0.15, 0.2) is 0 Å². The van der Waals surface area contributed by atoms with E-state index in [0.29, 0.717) is 13.0 Å². The summed E-state index contributed by atoms with van der Waals surface area (Å²) in [5.74, 6) is 0.00794. The van der Waals surface area contributed by atoms with Gasteiger partial charge < -0.3 is 4.74 Å². The van der Waals surface area contributed by atoms with Crippen LogP contribution in [-0.2, 0) is 9.53 Å². The Morgan fingerprint density at radius 3 is 1.43 bits per heavy atom. The molecule has 138 valence electrons. The molecule has 23 heavy (non-hydrogen) atoms. The maximum atomic E-state index is 11.5. The molecule has 0 radical (unpaired) electrons. The van der Waals surface area contributed by atoms with Crippen LogP contribution >= 0.6 is 0 Å². The van der Waals surface area contributed by atoms with Crippen LogP contribution in [-0.4, -0.2) is 12.6 Å². The first kappa shape index (κ1) is 22.5. The fourth-order valence-electron chi connectivity index (χ4n) is 2.90. The zero-order valence-electron chi connectivity index (χ0n) is 16.0. The number of ether oxygens (including phenoxy) is 1. The summed E-state index contributed by atoms with van der Waals surface area (Å²) in [4.78, 5) is 11.5. The van der Waals surface area contributed by atoms with Crippen molar-refractivity contribution in [2.45, 2.75) is 123 Å². The van der Waals surface area contributed by atoms with Crippen molar-refractivity contribution in [2.75, 3.05) is 6.61 Å². The van der Waals surface area contributed by atoms with Crippen LogP contribution in [0.5, 0.6) is 0 Å². The van der Waals surface area contributed by atoms with Crippen LogP contribution in [0, 0.1) is 0 Å². The van der Waals surface area contributed by atoms with E-state index in [1.807, 2.05) is 0 Å². The molecule has 0 spiro atoms. The first-order valence-electron chi connectivity index (χ1n) is 10.5. The van der Waals surface area contributed by atoms with Crippen molar-refractivity contribution >= 4 is 5.97 Å². The molecule has 0 aliphatic rings. The summed E-state index contributed by atoms with van der Waals surface area (Å²) < 4.78 is 5.29. The van der Waals surface area contributed by atoms with Gasteiger partial charge in [0.25, 0.3) is 0 Å². The summed E-state index contributed by atoms with van der Waals surface area (Å²) >= 11 is 0. The van der Waals surface area contributed by atoms with Gasteiger partial charge >= 0.3 is 5.97 Å². The quantitative estimate of drug-likeness (QED) is 0.196. The Balaban J connectivity index is 3.10. The average molecular weight is 327 g/mol. The highest BCUT2D eigenvalue weighted by molar-refractivity contribution is 5.69. The zero-order valence-corrected chi connectivity index (χ0v) is 16.0. The van der Waals surface area contributed by atoms with Gasteiger partial charge in [-0.2, -0.15) is 0 Å². The van der Waals surface area contributed by atoms with Crippen LogP contribution in [0.3, 0.4) is 0 Å². The Morgan fingerprint density at radius 2 is 0.957 bits per heavy atom. The molecule has 0 aromatic rings. The molecule has 0 aromatic carbocycles. The second-order valence-corrected chi connectivity index (χ2v) is 6.92. The van der Waals surface area contributed by atoms with E-state index in [0.717, 1.165) is 12.8 Å². The smallest absolute Gasteiger partial charge is 0.305 e. The first-order chi connectivity index (χ1) is 11.3. The van der Waals surface area contributed by atoms with Gasteiger partial charge in [-0.05, 0) is 12.8 Å². The molecule has 0 rings (SSSR count). The molecule has 0 amide bonds. The van der Waals surface area contributed by atoms with Crippen molar-refractivity contribution in [3.8, 4) is 0 Å². The normalized spacial score (nSPS) is 10.9. The highest BCUT2D eigenvalue weighted by Gasteiger charge is 2.02. The summed E-state index contributed by atoms with van der Waals surface area (Å²) in [6.45, 7) is 5.11. The Labute approximate surface area is 145 Å². The number of carbonyl (C=O) groups is 1. The van der Waals surface area contributed by atoms with E-state index in [9.17, 15) is 4.79 Å². The van der Waals surface area contributed by atoms with Gasteiger partial charge in [0.2, 0.25) is 0 Å². The molecule has 0 aliphatic carbocycles. The van der Waals surface area contributed by atoms with Crippen LogP contribution in [0.4, 0.5) is 0 Å². The van der Waals surface area contributed by atoms with Crippen LogP contribution in [0.25, 0.3) is 0 Å². The molecular weight excluding hydrogens is 284 g/mol. The molecule has 0 saturated heterocycles. The minimum atomic E-state index is 0.00794.